The number of amides is 1. The van der Waals surface area contributed by atoms with Crippen LogP contribution in [0.1, 0.15) is 37.0 Å². The van der Waals surface area contributed by atoms with Crippen molar-refractivity contribution in [1.82, 2.24) is 9.80 Å². The number of Topliss-reactive ketones (excluding diaryl/α,β-unsaturated/α-hetero) is 1. The Morgan fingerprint density at radius 2 is 1.64 bits per heavy atom. The summed E-state index contributed by atoms with van der Waals surface area (Å²) in [4.78, 5) is 34.6. The standard InChI is InChI=1S/C22H30N4O2/c1-17(2)24-12-14-26(15-13-24)22(28)19-8-10-25(11-9-19)20-6-4-18(5-7-20)21(27)16-23-3/h4-7,17,19H,8-16H2,1-2H3. The topological polar surface area (TPSA) is 48.2 Å². The lowest BCUT2D eigenvalue weighted by molar-refractivity contribution is -0.138. The molecule has 2 saturated heterocycles. The lowest BCUT2D eigenvalue weighted by Crippen LogP contribution is -2.53. The maximum Gasteiger partial charge on any atom is 0.276 e. The minimum atomic E-state index is -0.136. The molecule has 6 nitrogen and oxygen atoms in total. The molecule has 0 aliphatic carbocycles. The average Bonchev–Trinajstić information content (AvgIpc) is 2.74. The van der Waals surface area contributed by atoms with Crippen LogP contribution in [0, 0.1) is 12.5 Å². The number of piperidine rings is 1. The second-order valence-corrected chi connectivity index (χ2v) is 8.00. The van der Waals surface area contributed by atoms with Gasteiger partial charge in [0.1, 0.15) is 0 Å². The van der Waals surface area contributed by atoms with E-state index in [4.69, 9.17) is 6.57 Å². The van der Waals surface area contributed by atoms with Crippen LogP contribution in [0.15, 0.2) is 24.3 Å². The highest BCUT2D eigenvalue weighted by molar-refractivity contribution is 5.98. The Hall–Kier alpha value is -2.39. The van der Waals surface area contributed by atoms with E-state index in [1.807, 2.05) is 12.1 Å². The molecule has 2 fully saturated rings. The summed E-state index contributed by atoms with van der Waals surface area (Å²) in [7, 11) is 0. The van der Waals surface area contributed by atoms with Crippen LogP contribution >= 0.6 is 0 Å². The van der Waals surface area contributed by atoms with Gasteiger partial charge in [-0.2, -0.15) is 0 Å². The van der Waals surface area contributed by atoms with E-state index in [1.165, 1.54) is 0 Å². The van der Waals surface area contributed by atoms with E-state index < -0.39 is 0 Å². The first-order chi connectivity index (χ1) is 13.5. The molecule has 0 aromatic heterocycles. The minimum absolute atomic E-state index is 0.0989. The zero-order valence-corrected chi connectivity index (χ0v) is 16.9. The van der Waals surface area contributed by atoms with Gasteiger partial charge in [0.25, 0.3) is 6.54 Å². The fraction of sp³-hybridized carbons (Fsp3) is 0.591. The van der Waals surface area contributed by atoms with Gasteiger partial charge in [-0.05, 0) is 51.0 Å². The lowest BCUT2D eigenvalue weighted by Gasteiger charge is -2.40. The Labute approximate surface area is 167 Å². The highest BCUT2D eigenvalue weighted by Crippen LogP contribution is 2.25. The van der Waals surface area contributed by atoms with Gasteiger partial charge < -0.3 is 14.6 Å². The molecular formula is C22H30N4O2. The largest absolute Gasteiger partial charge is 0.371 e. The van der Waals surface area contributed by atoms with Crippen LogP contribution in [-0.2, 0) is 4.79 Å². The third-order valence-electron chi connectivity index (χ3n) is 5.98. The molecule has 2 aliphatic heterocycles. The number of carbonyl (C=O) groups is 2. The fourth-order valence-corrected chi connectivity index (χ4v) is 4.12. The van der Waals surface area contributed by atoms with Gasteiger partial charge in [0, 0.05) is 62.5 Å². The second kappa shape index (κ2) is 9.20. The molecule has 0 unspecified atom stereocenters. The molecule has 0 spiro atoms. The molecule has 1 amide bonds. The third-order valence-corrected chi connectivity index (χ3v) is 5.98. The summed E-state index contributed by atoms with van der Waals surface area (Å²) in [5.41, 5.74) is 1.67. The molecule has 6 heteroatoms. The highest BCUT2D eigenvalue weighted by Gasteiger charge is 2.30. The Kier molecular flexibility index (Phi) is 6.69. The number of hydrogen-bond acceptors (Lipinski definition) is 4. The quantitative estimate of drug-likeness (QED) is 0.580. The molecule has 2 aliphatic rings. The van der Waals surface area contributed by atoms with E-state index in [2.05, 4.69) is 33.4 Å². The average molecular weight is 383 g/mol. The summed E-state index contributed by atoms with van der Waals surface area (Å²) in [6.07, 6.45) is 1.75. The van der Waals surface area contributed by atoms with E-state index in [-0.39, 0.29) is 18.2 Å². The van der Waals surface area contributed by atoms with Crippen LogP contribution in [0.5, 0.6) is 0 Å². The van der Waals surface area contributed by atoms with E-state index in [1.54, 1.807) is 12.1 Å². The van der Waals surface area contributed by atoms with Gasteiger partial charge in [0.2, 0.25) is 11.7 Å². The number of hydrogen-bond donors (Lipinski definition) is 0. The van der Waals surface area contributed by atoms with Gasteiger partial charge in [0.15, 0.2) is 0 Å². The maximum absolute atomic E-state index is 12.9. The number of anilines is 1. The SMILES string of the molecule is [C-]#[N+]CC(=O)c1ccc(N2CCC(C(=O)N3CCN(C(C)C)CC3)CC2)cc1. The van der Waals surface area contributed by atoms with Crippen molar-refractivity contribution >= 4 is 17.4 Å². The molecule has 0 radical (unpaired) electrons. The highest BCUT2D eigenvalue weighted by atomic mass is 16.2. The van der Waals surface area contributed by atoms with Crippen LogP contribution in [0.4, 0.5) is 5.69 Å². The predicted molar refractivity (Wildman–Crippen MR) is 110 cm³/mol. The predicted octanol–water partition coefficient (Wildman–Crippen LogP) is 2.56. The van der Waals surface area contributed by atoms with Crippen molar-refractivity contribution < 1.29 is 9.59 Å². The normalized spacial score (nSPS) is 18.9. The van der Waals surface area contributed by atoms with Crippen molar-refractivity contribution in [3.05, 3.63) is 41.2 Å². The smallest absolute Gasteiger partial charge is 0.276 e. The maximum atomic E-state index is 12.9. The first kappa shape index (κ1) is 20.3. The van der Waals surface area contributed by atoms with Gasteiger partial charge >= 0.3 is 0 Å². The Balaban J connectivity index is 1.50. The summed E-state index contributed by atoms with van der Waals surface area (Å²) >= 11 is 0. The van der Waals surface area contributed by atoms with Gasteiger partial charge in [-0.25, -0.2) is 6.57 Å². The molecule has 0 N–H and O–H groups in total. The van der Waals surface area contributed by atoms with Crippen molar-refractivity contribution in [3.8, 4) is 0 Å². The molecule has 2 heterocycles. The van der Waals surface area contributed by atoms with Gasteiger partial charge in [0.05, 0.1) is 0 Å². The van der Waals surface area contributed by atoms with Crippen molar-refractivity contribution in [3.63, 3.8) is 0 Å². The number of piperazine rings is 1. The van der Waals surface area contributed by atoms with Gasteiger partial charge in [-0.3, -0.25) is 14.5 Å². The molecule has 0 bridgehead atoms. The number of ketones is 1. The van der Waals surface area contributed by atoms with Crippen LogP contribution < -0.4 is 4.90 Å². The summed E-state index contributed by atoms with van der Waals surface area (Å²) in [6, 6.07) is 8.04. The summed E-state index contributed by atoms with van der Waals surface area (Å²) in [5, 5.41) is 0. The third kappa shape index (κ3) is 4.71. The molecule has 1 aromatic rings. The molecular weight excluding hydrogens is 352 g/mol. The molecule has 28 heavy (non-hydrogen) atoms. The molecule has 150 valence electrons. The van der Waals surface area contributed by atoms with Gasteiger partial charge in [-0.1, -0.05) is 0 Å². The zero-order chi connectivity index (χ0) is 20.1. The van der Waals surface area contributed by atoms with Crippen molar-refractivity contribution in [2.75, 3.05) is 50.7 Å². The van der Waals surface area contributed by atoms with Gasteiger partial charge in [-0.15, -0.1) is 0 Å². The number of rotatable bonds is 5. The fourth-order valence-electron chi connectivity index (χ4n) is 4.12. The monoisotopic (exact) mass is 382 g/mol. The summed E-state index contributed by atoms with van der Waals surface area (Å²) in [6.45, 7) is 16.5. The van der Waals surface area contributed by atoms with Crippen LogP contribution in [0.2, 0.25) is 0 Å². The van der Waals surface area contributed by atoms with E-state index in [9.17, 15) is 9.59 Å². The molecule has 0 atom stereocenters. The number of benzene rings is 1. The van der Waals surface area contributed by atoms with E-state index >= 15 is 0 Å². The van der Waals surface area contributed by atoms with Crippen molar-refractivity contribution in [2.45, 2.75) is 32.7 Å². The van der Waals surface area contributed by atoms with Crippen LogP contribution in [-0.4, -0.2) is 73.3 Å². The second-order valence-electron chi connectivity index (χ2n) is 8.00. The first-order valence-electron chi connectivity index (χ1n) is 10.2. The van der Waals surface area contributed by atoms with E-state index in [0.717, 1.165) is 57.8 Å². The minimum Gasteiger partial charge on any atom is -0.371 e. The summed E-state index contributed by atoms with van der Waals surface area (Å²) in [5.74, 6) is 0.313. The van der Waals surface area contributed by atoms with Crippen LogP contribution in [0.3, 0.4) is 0 Å². The Morgan fingerprint density at radius 1 is 1.04 bits per heavy atom. The molecule has 0 saturated carbocycles. The first-order valence-corrected chi connectivity index (χ1v) is 10.2. The van der Waals surface area contributed by atoms with Crippen LogP contribution in [0.25, 0.3) is 4.85 Å². The van der Waals surface area contributed by atoms with Crippen molar-refractivity contribution in [1.29, 1.82) is 0 Å². The Morgan fingerprint density at radius 3 is 2.18 bits per heavy atom. The number of nitrogens with zero attached hydrogens (tertiary/aromatic N) is 4. The molecule has 3 rings (SSSR count). The van der Waals surface area contributed by atoms with Crippen molar-refractivity contribution in [2.24, 2.45) is 5.92 Å². The Bertz CT molecular complexity index is 722. The zero-order valence-electron chi connectivity index (χ0n) is 16.9. The molecule has 1 aromatic carbocycles. The number of carbonyl (C=O) groups excluding carboxylic acids is 2. The summed E-state index contributed by atoms with van der Waals surface area (Å²) < 4.78 is 0. The lowest BCUT2D eigenvalue weighted by atomic mass is 9.94. The van der Waals surface area contributed by atoms with E-state index in [0.29, 0.717) is 17.5 Å².